The molecule has 6 rings (SSSR count). The minimum atomic E-state index is -0.0622. The van der Waals surface area contributed by atoms with Gasteiger partial charge in [-0.05, 0) is 42.7 Å². The maximum atomic E-state index is 12.7. The number of halogens is 1. The van der Waals surface area contributed by atoms with Crippen LogP contribution in [0.1, 0.15) is 18.4 Å². The SMILES string of the molecule is O=c1[nH]c2nc(-c3ccccc3)c(-c3cc(Cl)c4[nH]ncc4c3)cc2cc1CSC1CC1. The summed E-state index contributed by atoms with van der Waals surface area (Å²) in [7, 11) is 0. The predicted molar refractivity (Wildman–Crippen MR) is 132 cm³/mol. The van der Waals surface area contributed by atoms with E-state index in [1.807, 2.05) is 54.2 Å². The summed E-state index contributed by atoms with van der Waals surface area (Å²) >= 11 is 8.41. The molecule has 0 atom stereocenters. The number of H-pyrrole nitrogens is 2. The number of nitrogens with one attached hydrogen (secondary N) is 2. The molecule has 2 N–H and O–H groups in total. The monoisotopic (exact) mass is 458 g/mol. The average molecular weight is 459 g/mol. The third-order valence-electron chi connectivity index (χ3n) is 5.76. The summed E-state index contributed by atoms with van der Waals surface area (Å²) in [4.78, 5) is 20.6. The van der Waals surface area contributed by atoms with Gasteiger partial charge < -0.3 is 4.98 Å². The highest BCUT2D eigenvalue weighted by atomic mass is 35.5. The van der Waals surface area contributed by atoms with E-state index in [2.05, 4.69) is 27.3 Å². The molecule has 0 radical (unpaired) electrons. The van der Waals surface area contributed by atoms with E-state index in [1.165, 1.54) is 12.8 Å². The van der Waals surface area contributed by atoms with E-state index >= 15 is 0 Å². The maximum absolute atomic E-state index is 12.7. The number of rotatable bonds is 5. The molecule has 0 bridgehead atoms. The molecular formula is C25H19ClN4OS. The Hall–Kier alpha value is -3.09. The average Bonchev–Trinajstić information content (AvgIpc) is 3.51. The van der Waals surface area contributed by atoms with Crippen molar-refractivity contribution in [2.45, 2.75) is 23.8 Å². The standard InChI is InChI=1S/C25H19ClN4OS/c26-21-11-15(8-17-12-27-30-23(17)21)20-10-16-9-18(13-32-19-6-7-19)25(31)29-24(16)28-22(20)14-4-2-1-3-5-14/h1-5,8-12,19H,6-7,13H2,(H,27,30)(H,28,29,31). The van der Waals surface area contributed by atoms with E-state index in [0.29, 0.717) is 15.9 Å². The summed E-state index contributed by atoms with van der Waals surface area (Å²) in [6.45, 7) is 0. The van der Waals surface area contributed by atoms with Crippen molar-refractivity contribution >= 4 is 45.3 Å². The van der Waals surface area contributed by atoms with Gasteiger partial charge in [0.2, 0.25) is 0 Å². The van der Waals surface area contributed by atoms with E-state index in [9.17, 15) is 4.79 Å². The minimum absolute atomic E-state index is 0.0622. The van der Waals surface area contributed by atoms with Crippen molar-refractivity contribution in [2.24, 2.45) is 0 Å². The number of aromatic nitrogens is 4. The fourth-order valence-electron chi connectivity index (χ4n) is 3.94. The van der Waals surface area contributed by atoms with Gasteiger partial charge >= 0.3 is 0 Å². The van der Waals surface area contributed by atoms with Crippen LogP contribution in [0, 0.1) is 0 Å². The Morgan fingerprint density at radius 3 is 2.69 bits per heavy atom. The van der Waals surface area contributed by atoms with Crippen LogP contribution in [0.4, 0.5) is 0 Å². The molecule has 3 aromatic heterocycles. The van der Waals surface area contributed by atoms with Crippen LogP contribution >= 0.6 is 23.4 Å². The van der Waals surface area contributed by atoms with Crippen LogP contribution in [0.3, 0.4) is 0 Å². The first-order chi connectivity index (χ1) is 15.7. The molecule has 0 aliphatic heterocycles. The van der Waals surface area contributed by atoms with E-state index in [4.69, 9.17) is 16.6 Å². The summed E-state index contributed by atoms with van der Waals surface area (Å²) in [5, 5.41) is 10.2. The quantitative estimate of drug-likeness (QED) is 0.329. The zero-order valence-electron chi connectivity index (χ0n) is 17.1. The molecule has 1 aliphatic carbocycles. The van der Waals surface area contributed by atoms with Gasteiger partial charge in [-0.1, -0.05) is 41.9 Å². The van der Waals surface area contributed by atoms with Crippen LogP contribution in [0.2, 0.25) is 5.02 Å². The number of aromatic amines is 2. The molecule has 0 unspecified atom stereocenters. The van der Waals surface area contributed by atoms with Crippen molar-refractivity contribution in [1.82, 2.24) is 20.2 Å². The Balaban J connectivity index is 1.57. The van der Waals surface area contributed by atoms with Crippen LogP contribution < -0.4 is 5.56 Å². The number of nitrogens with zero attached hydrogens (tertiary/aromatic N) is 2. The molecule has 7 heteroatoms. The summed E-state index contributed by atoms with van der Waals surface area (Å²) in [5.74, 6) is 0.721. The molecule has 5 nitrogen and oxygen atoms in total. The minimum Gasteiger partial charge on any atom is -0.306 e. The molecular weight excluding hydrogens is 440 g/mol. The van der Waals surface area contributed by atoms with Crippen molar-refractivity contribution in [3.63, 3.8) is 0 Å². The summed E-state index contributed by atoms with van der Waals surface area (Å²) in [6.07, 6.45) is 4.27. The maximum Gasteiger partial charge on any atom is 0.253 e. The normalized spacial score (nSPS) is 13.8. The Bertz CT molecular complexity index is 1520. The summed E-state index contributed by atoms with van der Waals surface area (Å²) in [6, 6.07) is 18.1. The Morgan fingerprint density at radius 1 is 1.03 bits per heavy atom. The highest BCUT2D eigenvalue weighted by Gasteiger charge is 2.22. The molecule has 32 heavy (non-hydrogen) atoms. The van der Waals surface area contributed by atoms with Crippen molar-refractivity contribution in [3.05, 3.63) is 81.7 Å². The first-order valence-corrected chi connectivity index (χ1v) is 12.0. The highest BCUT2D eigenvalue weighted by Crippen LogP contribution is 2.38. The van der Waals surface area contributed by atoms with Gasteiger partial charge in [0.15, 0.2) is 0 Å². The molecule has 2 aromatic carbocycles. The number of hydrogen-bond acceptors (Lipinski definition) is 4. The third kappa shape index (κ3) is 3.59. The molecule has 3 heterocycles. The van der Waals surface area contributed by atoms with E-state index < -0.39 is 0 Å². The van der Waals surface area contributed by atoms with Gasteiger partial charge in [-0.15, -0.1) is 0 Å². The lowest BCUT2D eigenvalue weighted by molar-refractivity contribution is 1.12. The fourth-order valence-corrected chi connectivity index (χ4v) is 5.30. The number of benzene rings is 2. The topological polar surface area (TPSA) is 74.4 Å². The number of hydrogen-bond donors (Lipinski definition) is 2. The van der Waals surface area contributed by atoms with Gasteiger partial charge in [-0.25, -0.2) is 4.98 Å². The second kappa shape index (κ2) is 7.80. The van der Waals surface area contributed by atoms with Crippen LogP contribution in [0.5, 0.6) is 0 Å². The van der Waals surface area contributed by atoms with Gasteiger partial charge in [0.1, 0.15) is 5.65 Å². The van der Waals surface area contributed by atoms with Gasteiger partial charge in [0.25, 0.3) is 5.56 Å². The van der Waals surface area contributed by atoms with Crippen molar-refractivity contribution in [3.8, 4) is 22.4 Å². The smallest absolute Gasteiger partial charge is 0.253 e. The van der Waals surface area contributed by atoms with Crippen LogP contribution in [0.25, 0.3) is 44.3 Å². The number of thioether (sulfide) groups is 1. The van der Waals surface area contributed by atoms with E-state index in [-0.39, 0.29) is 5.56 Å². The van der Waals surface area contributed by atoms with Crippen LogP contribution in [0.15, 0.2) is 65.6 Å². The van der Waals surface area contributed by atoms with Crippen molar-refractivity contribution < 1.29 is 0 Å². The zero-order valence-corrected chi connectivity index (χ0v) is 18.6. The largest absolute Gasteiger partial charge is 0.306 e. The fraction of sp³-hybridized carbons (Fsp3) is 0.160. The summed E-state index contributed by atoms with van der Waals surface area (Å²) < 4.78 is 0. The van der Waals surface area contributed by atoms with Crippen molar-refractivity contribution in [2.75, 3.05) is 0 Å². The lowest BCUT2D eigenvalue weighted by Crippen LogP contribution is -2.12. The van der Waals surface area contributed by atoms with Gasteiger partial charge in [0.05, 0.1) is 22.4 Å². The van der Waals surface area contributed by atoms with Gasteiger partial charge in [-0.2, -0.15) is 16.9 Å². The number of fused-ring (bicyclic) bond motifs is 2. The lowest BCUT2D eigenvalue weighted by Gasteiger charge is -2.13. The van der Waals surface area contributed by atoms with E-state index in [1.54, 1.807) is 6.20 Å². The van der Waals surface area contributed by atoms with Crippen LogP contribution in [-0.4, -0.2) is 25.4 Å². The van der Waals surface area contributed by atoms with Crippen molar-refractivity contribution in [1.29, 1.82) is 0 Å². The third-order valence-corrected chi connectivity index (χ3v) is 7.48. The Labute approximate surface area is 193 Å². The first kappa shape index (κ1) is 19.6. The second-order valence-electron chi connectivity index (χ2n) is 8.11. The second-order valence-corrected chi connectivity index (χ2v) is 9.81. The molecule has 0 saturated heterocycles. The van der Waals surface area contributed by atoms with Gasteiger partial charge in [-0.3, -0.25) is 9.89 Å². The molecule has 1 fully saturated rings. The molecule has 1 saturated carbocycles. The number of pyridine rings is 2. The molecule has 158 valence electrons. The highest BCUT2D eigenvalue weighted by molar-refractivity contribution is 7.99. The first-order valence-electron chi connectivity index (χ1n) is 10.5. The van der Waals surface area contributed by atoms with Crippen LogP contribution in [-0.2, 0) is 5.75 Å². The molecule has 5 aromatic rings. The Kier molecular flexibility index (Phi) is 4.77. The lowest BCUT2D eigenvalue weighted by atomic mass is 9.97. The molecule has 0 amide bonds. The molecule has 0 spiro atoms. The zero-order chi connectivity index (χ0) is 21.7. The predicted octanol–water partition coefficient (Wildman–Crippen LogP) is 6.18. The Morgan fingerprint density at radius 2 is 1.88 bits per heavy atom. The molecule has 1 aliphatic rings. The summed E-state index contributed by atoms with van der Waals surface area (Å²) in [5.41, 5.74) is 5.82. The van der Waals surface area contributed by atoms with E-state index in [0.717, 1.165) is 50.0 Å². The van der Waals surface area contributed by atoms with Gasteiger partial charge in [0, 0.05) is 38.5 Å².